The lowest BCUT2D eigenvalue weighted by Crippen LogP contribution is -2.24. The molecule has 6 nitrogen and oxygen atoms in total. The number of nitrogens with zero attached hydrogens (tertiary/aromatic N) is 2. The number of pyridine rings is 1. The number of benzene rings is 1. The summed E-state index contributed by atoms with van der Waals surface area (Å²) in [6.45, 7) is 4.12. The molecule has 0 spiro atoms. The van der Waals surface area contributed by atoms with Crippen LogP contribution < -0.4 is 10.6 Å². The fourth-order valence-corrected chi connectivity index (χ4v) is 2.84. The molecule has 0 fully saturated rings. The van der Waals surface area contributed by atoms with Gasteiger partial charge in [-0.05, 0) is 62.1 Å². The van der Waals surface area contributed by atoms with E-state index in [2.05, 4.69) is 41.0 Å². The Kier molecular flexibility index (Phi) is 4.61. The average Bonchev–Trinajstić information content (AvgIpc) is 2.90. The number of carbonyl (C=O) groups is 1. The molecule has 0 aliphatic heterocycles. The smallest absolute Gasteiger partial charge is 0.319 e. The number of fused-ring (bicyclic) bond motifs is 1. The van der Waals surface area contributed by atoms with E-state index >= 15 is 0 Å². The summed E-state index contributed by atoms with van der Waals surface area (Å²) in [6, 6.07) is 9.07. The van der Waals surface area contributed by atoms with Crippen molar-refractivity contribution >= 4 is 17.4 Å². The Morgan fingerprint density at radius 1 is 1.20 bits per heavy atom. The highest BCUT2D eigenvalue weighted by Gasteiger charge is 2.10. The highest BCUT2D eigenvalue weighted by molar-refractivity contribution is 5.90. The minimum absolute atomic E-state index is 0.0587. The minimum atomic E-state index is -0.362. The first kappa shape index (κ1) is 16.8. The summed E-state index contributed by atoms with van der Waals surface area (Å²) in [4.78, 5) is 16.0. The molecule has 6 heteroatoms. The van der Waals surface area contributed by atoms with Crippen LogP contribution in [0.1, 0.15) is 22.5 Å². The van der Waals surface area contributed by atoms with Gasteiger partial charge in [0.1, 0.15) is 11.4 Å². The second kappa shape index (κ2) is 6.84. The Hall–Kier alpha value is -3.02. The van der Waals surface area contributed by atoms with Crippen molar-refractivity contribution in [2.45, 2.75) is 26.7 Å². The molecule has 0 saturated carbocycles. The third-order valence-electron chi connectivity index (χ3n) is 4.31. The molecule has 3 aromatic rings. The lowest BCUT2D eigenvalue weighted by molar-refractivity contribution is 0.254. The highest BCUT2D eigenvalue weighted by Crippen LogP contribution is 2.25. The van der Waals surface area contributed by atoms with Crippen LogP contribution in [0.15, 0.2) is 36.5 Å². The number of hydrogen-bond acceptors (Lipinski definition) is 3. The second-order valence-corrected chi connectivity index (χ2v) is 6.13. The number of aromatic hydroxyl groups is 1. The SMILES string of the molecule is CNC(=O)Nc1ccc(CCc2nc3cc(C)ccn3c2C)cc1O. The van der Waals surface area contributed by atoms with Gasteiger partial charge in [-0.3, -0.25) is 0 Å². The first-order chi connectivity index (χ1) is 12.0. The summed E-state index contributed by atoms with van der Waals surface area (Å²) in [7, 11) is 1.53. The largest absolute Gasteiger partial charge is 0.506 e. The van der Waals surface area contributed by atoms with Crippen molar-refractivity contribution in [3.8, 4) is 5.75 Å². The van der Waals surface area contributed by atoms with E-state index in [1.807, 2.05) is 12.3 Å². The van der Waals surface area contributed by atoms with Crippen LogP contribution in [0.25, 0.3) is 5.65 Å². The predicted octanol–water partition coefficient (Wildman–Crippen LogP) is 3.19. The molecule has 3 rings (SSSR count). The third kappa shape index (κ3) is 3.57. The van der Waals surface area contributed by atoms with E-state index in [0.717, 1.165) is 35.4 Å². The summed E-state index contributed by atoms with van der Waals surface area (Å²) >= 11 is 0. The van der Waals surface area contributed by atoms with Crippen LogP contribution in [0.5, 0.6) is 5.75 Å². The normalized spacial score (nSPS) is 10.8. The number of carbonyl (C=O) groups excluding carboxylic acids is 1. The van der Waals surface area contributed by atoms with Gasteiger partial charge < -0.3 is 20.1 Å². The van der Waals surface area contributed by atoms with Gasteiger partial charge in [-0.15, -0.1) is 0 Å². The van der Waals surface area contributed by atoms with E-state index in [0.29, 0.717) is 5.69 Å². The maximum Gasteiger partial charge on any atom is 0.319 e. The summed E-state index contributed by atoms with van der Waals surface area (Å²) in [5, 5.41) is 15.1. The third-order valence-corrected chi connectivity index (χ3v) is 4.31. The molecule has 1 aromatic carbocycles. The van der Waals surface area contributed by atoms with Gasteiger partial charge in [0, 0.05) is 18.9 Å². The Bertz CT molecular complexity index is 931. The number of amides is 2. The van der Waals surface area contributed by atoms with Gasteiger partial charge in [0.2, 0.25) is 0 Å². The molecule has 0 atom stereocenters. The van der Waals surface area contributed by atoms with Crippen LogP contribution in [0.4, 0.5) is 10.5 Å². The van der Waals surface area contributed by atoms with Gasteiger partial charge in [0.05, 0.1) is 11.4 Å². The van der Waals surface area contributed by atoms with Crippen molar-refractivity contribution in [2.75, 3.05) is 12.4 Å². The standard InChI is InChI=1S/C19H22N4O2/c1-12-8-9-23-13(2)15(21-18(23)10-12)6-4-14-5-7-16(17(24)11-14)22-19(25)20-3/h5,7-11,24H,4,6H2,1-3H3,(H2,20,22,25). The molecule has 0 saturated heterocycles. The highest BCUT2D eigenvalue weighted by atomic mass is 16.3. The number of hydrogen-bond donors (Lipinski definition) is 3. The molecule has 0 bridgehead atoms. The van der Waals surface area contributed by atoms with Crippen LogP contribution in [-0.4, -0.2) is 27.6 Å². The number of phenols is 1. The van der Waals surface area contributed by atoms with E-state index in [1.54, 1.807) is 12.1 Å². The fourth-order valence-electron chi connectivity index (χ4n) is 2.84. The Labute approximate surface area is 146 Å². The van der Waals surface area contributed by atoms with Gasteiger partial charge >= 0.3 is 6.03 Å². The first-order valence-corrected chi connectivity index (χ1v) is 8.22. The second-order valence-electron chi connectivity index (χ2n) is 6.13. The van der Waals surface area contributed by atoms with Crippen molar-refractivity contribution in [3.63, 3.8) is 0 Å². The number of phenolic OH excluding ortho intramolecular Hbond substituents is 1. The van der Waals surface area contributed by atoms with Crippen LogP contribution in [0.2, 0.25) is 0 Å². The molecule has 3 N–H and O–H groups in total. The molecule has 2 amide bonds. The number of imidazole rings is 1. The zero-order valence-corrected chi connectivity index (χ0v) is 14.6. The monoisotopic (exact) mass is 338 g/mol. The molecule has 25 heavy (non-hydrogen) atoms. The van der Waals surface area contributed by atoms with E-state index in [9.17, 15) is 9.90 Å². The minimum Gasteiger partial charge on any atom is -0.506 e. The fraction of sp³-hybridized carbons (Fsp3) is 0.263. The van der Waals surface area contributed by atoms with Crippen molar-refractivity contribution in [2.24, 2.45) is 0 Å². The average molecular weight is 338 g/mol. The molecular formula is C19H22N4O2. The molecule has 0 aliphatic carbocycles. The van der Waals surface area contributed by atoms with Gasteiger partial charge in [-0.1, -0.05) is 6.07 Å². The summed E-state index contributed by atoms with van der Waals surface area (Å²) in [5.41, 5.74) is 5.72. The predicted molar refractivity (Wildman–Crippen MR) is 98.3 cm³/mol. The van der Waals surface area contributed by atoms with E-state index in [1.165, 1.54) is 12.6 Å². The lowest BCUT2D eigenvalue weighted by atomic mass is 10.1. The van der Waals surface area contributed by atoms with Crippen LogP contribution >= 0.6 is 0 Å². The van der Waals surface area contributed by atoms with Crippen molar-refractivity contribution in [1.29, 1.82) is 0 Å². The van der Waals surface area contributed by atoms with Gasteiger partial charge in [0.25, 0.3) is 0 Å². The van der Waals surface area contributed by atoms with Crippen LogP contribution in [0, 0.1) is 13.8 Å². The Morgan fingerprint density at radius 3 is 2.72 bits per heavy atom. The number of urea groups is 1. The molecule has 2 heterocycles. The van der Waals surface area contributed by atoms with Gasteiger partial charge in [-0.25, -0.2) is 9.78 Å². The van der Waals surface area contributed by atoms with E-state index in [-0.39, 0.29) is 11.8 Å². The van der Waals surface area contributed by atoms with Crippen molar-refractivity contribution in [3.05, 3.63) is 59.0 Å². The Balaban J connectivity index is 1.74. The molecular weight excluding hydrogens is 316 g/mol. The summed E-state index contributed by atoms with van der Waals surface area (Å²) in [5.74, 6) is 0.0587. The molecule has 0 aliphatic rings. The van der Waals surface area contributed by atoms with Crippen LogP contribution in [-0.2, 0) is 12.8 Å². The van der Waals surface area contributed by atoms with Crippen molar-refractivity contribution in [1.82, 2.24) is 14.7 Å². The maximum absolute atomic E-state index is 11.3. The maximum atomic E-state index is 11.3. The number of anilines is 1. The Morgan fingerprint density at radius 2 is 2.00 bits per heavy atom. The molecule has 0 radical (unpaired) electrons. The topological polar surface area (TPSA) is 78.7 Å². The number of aryl methyl sites for hydroxylation is 4. The first-order valence-electron chi connectivity index (χ1n) is 8.22. The van der Waals surface area contributed by atoms with Crippen LogP contribution in [0.3, 0.4) is 0 Å². The number of rotatable bonds is 4. The molecule has 130 valence electrons. The summed E-state index contributed by atoms with van der Waals surface area (Å²) in [6.07, 6.45) is 3.59. The van der Waals surface area contributed by atoms with Crippen molar-refractivity contribution < 1.29 is 9.90 Å². The van der Waals surface area contributed by atoms with E-state index in [4.69, 9.17) is 4.98 Å². The lowest BCUT2D eigenvalue weighted by Gasteiger charge is -2.08. The van der Waals surface area contributed by atoms with Gasteiger partial charge in [-0.2, -0.15) is 0 Å². The number of nitrogens with one attached hydrogen (secondary N) is 2. The van der Waals surface area contributed by atoms with E-state index < -0.39 is 0 Å². The molecule has 0 unspecified atom stereocenters. The number of aromatic nitrogens is 2. The zero-order valence-electron chi connectivity index (χ0n) is 14.6. The van der Waals surface area contributed by atoms with Gasteiger partial charge in [0.15, 0.2) is 0 Å². The quantitative estimate of drug-likeness (QED) is 0.639. The summed E-state index contributed by atoms with van der Waals surface area (Å²) < 4.78 is 2.09. The zero-order chi connectivity index (χ0) is 18.0. The molecule has 2 aromatic heterocycles.